The maximum atomic E-state index is 5.26. The molecule has 0 aromatic carbocycles. The molecule has 2 rings (SSSR count). The number of pyridine rings is 1. The second kappa shape index (κ2) is 3.98. The normalized spacial score (nSPS) is 10.5. The number of rotatable bonds is 2. The lowest BCUT2D eigenvalue weighted by molar-refractivity contribution is 0.907. The minimum absolute atomic E-state index is 0.725. The minimum atomic E-state index is 0.725. The Bertz CT molecular complexity index is 525. The van der Waals surface area contributed by atoms with Crippen molar-refractivity contribution in [3.63, 3.8) is 0 Å². The minimum Gasteiger partial charge on any atom is -0.337 e. The number of aromatic amines is 1. The molecule has 0 radical (unpaired) electrons. The quantitative estimate of drug-likeness (QED) is 0.788. The van der Waals surface area contributed by atoms with Gasteiger partial charge in [-0.25, -0.2) is 0 Å². The van der Waals surface area contributed by atoms with E-state index in [1.54, 1.807) is 6.20 Å². The van der Waals surface area contributed by atoms with Crippen molar-refractivity contribution < 1.29 is 0 Å². The number of imidazole rings is 1. The highest BCUT2D eigenvalue weighted by Gasteiger charge is 2.06. The van der Waals surface area contributed by atoms with Crippen molar-refractivity contribution in [3.8, 4) is 5.69 Å². The molecule has 0 fully saturated rings. The molecular weight excluding hydrogens is 206 g/mol. The molecule has 0 saturated heterocycles. The zero-order chi connectivity index (χ0) is 10.8. The SMILES string of the molecule is CCc1c[nH]c(=S)n1-c1cnccc1C. The molecule has 3 nitrogen and oxygen atoms in total. The molecule has 15 heavy (non-hydrogen) atoms. The van der Waals surface area contributed by atoms with Crippen LogP contribution in [0.2, 0.25) is 0 Å². The summed E-state index contributed by atoms with van der Waals surface area (Å²) in [6.45, 7) is 4.17. The van der Waals surface area contributed by atoms with E-state index < -0.39 is 0 Å². The standard InChI is InChI=1S/C11H13N3S/c1-3-9-6-13-11(15)14(9)10-7-12-5-4-8(10)2/h4-7H,3H2,1-2H3,(H,13,15). The van der Waals surface area contributed by atoms with Gasteiger partial charge in [-0.2, -0.15) is 0 Å². The Balaban J connectivity index is 2.68. The van der Waals surface area contributed by atoms with Crippen LogP contribution in [-0.2, 0) is 6.42 Å². The van der Waals surface area contributed by atoms with Crippen LogP contribution >= 0.6 is 12.2 Å². The topological polar surface area (TPSA) is 33.6 Å². The number of H-pyrrole nitrogens is 1. The molecule has 0 atom stereocenters. The van der Waals surface area contributed by atoms with Crippen molar-refractivity contribution in [3.05, 3.63) is 40.7 Å². The summed E-state index contributed by atoms with van der Waals surface area (Å²) >= 11 is 5.26. The van der Waals surface area contributed by atoms with Gasteiger partial charge in [0, 0.05) is 18.1 Å². The summed E-state index contributed by atoms with van der Waals surface area (Å²) in [5.74, 6) is 0. The van der Waals surface area contributed by atoms with E-state index in [9.17, 15) is 0 Å². The lowest BCUT2D eigenvalue weighted by Crippen LogP contribution is -2.01. The van der Waals surface area contributed by atoms with Crippen molar-refractivity contribution in [1.82, 2.24) is 14.5 Å². The van der Waals surface area contributed by atoms with Gasteiger partial charge < -0.3 is 4.98 Å². The van der Waals surface area contributed by atoms with Gasteiger partial charge in [-0.1, -0.05) is 6.92 Å². The third kappa shape index (κ3) is 1.72. The van der Waals surface area contributed by atoms with Crippen LogP contribution in [0.1, 0.15) is 18.2 Å². The number of hydrogen-bond donors (Lipinski definition) is 1. The summed E-state index contributed by atoms with van der Waals surface area (Å²) in [7, 11) is 0. The fraction of sp³-hybridized carbons (Fsp3) is 0.273. The highest BCUT2D eigenvalue weighted by atomic mass is 32.1. The first-order chi connectivity index (χ1) is 7.24. The van der Waals surface area contributed by atoms with Gasteiger partial charge in [0.15, 0.2) is 4.77 Å². The van der Waals surface area contributed by atoms with E-state index in [2.05, 4.69) is 23.8 Å². The fourth-order valence-corrected chi connectivity index (χ4v) is 1.89. The van der Waals surface area contributed by atoms with E-state index in [-0.39, 0.29) is 0 Å². The van der Waals surface area contributed by atoms with Crippen LogP contribution in [0.25, 0.3) is 5.69 Å². The number of hydrogen-bond acceptors (Lipinski definition) is 2. The van der Waals surface area contributed by atoms with Gasteiger partial charge in [-0.15, -0.1) is 0 Å². The smallest absolute Gasteiger partial charge is 0.182 e. The van der Waals surface area contributed by atoms with Crippen LogP contribution in [0.3, 0.4) is 0 Å². The van der Waals surface area contributed by atoms with E-state index in [0.717, 1.165) is 16.9 Å². The van der Waals surface area contributed by atoms with Crippen LogP contribution in [0.5, 0.6) is 0 Å². The highest BCUT2D eigenvalue weighted by molar-refractivity contribution is 7.71. The number of aryl methyl sites for hydroxylation is 2. The third-order valence-electron chi connectivity index (χ3n) is 2.47. The molecule has 78 valence electrons. The Labute approximate surface area is 93.8 Å². The Kier molecular flexibility index (Phi) is 2.68. The van der Waals surface area contributed by atoms with Gasteiger partial charge in [-0.05, 0) is 37.2 Å². The second-order valence-electron chi connectivity index (χ2n) is 3.44. The van der Waals surface area contributed by atoms with Gasteiger partial charge in [-0.3, -0.25) is 9.55 Å². The number of aromatic nitrogens is 3. The Morgan fingerprint density at radius 1 is 1.53 bits per heavy atom. The maximum Gasteiger partial charge on any atom is 0.182 e. The fourth-order valence-electron chi connectivity index (χ4n) is 1.62. The summed E-state index contributed by atoms with van der Waals surface area (Å²) in [6.07, 6.45) is 6.54. The molecule has 0 aliphatic rings. The van der Waals surface area contributed by atoms with Crippen molar-refractivity contribution in [2.45, 2.75) is 20.3 Å². The van der Waals surface area contributed by atoms with Crippen LogP contribution in [0.4, 0.5) is 0 Å². The maximum absolute atomic E-state index is 5.26. The summed E-state index contributed by atoms with van der Waals surface area (Å²) in [5, 5.41) is 0. The molecule has 2 heterocycles. The molecule has 0 amide bonds. The van der Waals surface area contributed by atoms with Gasteiger partial charge in [0.25, 0.3) is 0 Å². The molecule has 0 saturated carbocycles. The van der Waals surface area contributed by atoms with Gasteiger partial charge in [0.1, 0.15) is 0 Å². The van der Waals surface area contributed by atoms with Crippen LogP contribution in [0.15, 0.2) is 24.7 Å². The van der Waals surface area contributed by atoms with E-state index in [1.807, 2.05) is 23.0 Å². The molecule has 1 N–H and O–H groups in total. The van der Waals surface area contributed by atoms with Gasteiger partial charge >= 0.3 is 0 Å². The van der Waals surface area contributed by atoms with Crippen molar-refractivity contribution in [2.24, 2.45) is 0 Å². The molecule has 0 unspecified atom stereocenters. The lowest BCUT2D eigenvalue weighted by atomic mass is 10.2. The second-order valence-corrected chi connectivity index (χ2v) is 3.82. The lowest BCUT2D eigenvalue weighted by Gasteiger charge is -2.08. The van der Waals surface area contributed by atoms with Crippen LogP contribution in [0, 0.1) is 11.7 Å². The first-order valence-electron chi connectivity index (χ1n) is 4.94. The van der Waals surface area contributed by atoms with Crippen molar-refractivity contribution in [2.75, 3.05) is 0 Å². The van der Waals surface area contributed by atoms with Crippen LogP contribution < -0.4 is 0 Å². The average Bonchev–Trinajstić information content (AvgIpc) is 2.60. The molecule has 0 aliphatic heterocycles. The summed E-state index contributed by atoms with van der Waals surface area (Å²) < 4.78 is 2.76. The highest BCUT2D eigenvalue weighted by Crippen LogP contribution is 2.15. The van der Waals surface area contributed by atoms with E-state index in [4.69, 9.17) is 12.2 Å². The van der Waals surface area contributed by atoms with Gasteiger partial charge in [0.2, 0.25) is 0 Å². The monoisotopic (exact) mass is 219 g/mol. The molecule has 4 heteroatoms. The van der Waals surface area contributed by atoms with Crippen molar-refractivity contribution in [1.29, 1.82) is 0 Å². The largest absolute Gasteiger partial charge is 0.337 e. The third-order valence-corrected chi connectivity index (χ3v) is 2.77. The molecule has 0 spiro atoms. The average molecular weight is 219 g/mol. The predicted octanol–water partition coefficient (Wildman–Crippen LogP) is 2.80. The van der Waals surface area contributed by atoms with E-state index in [1.165, 1.54) is 11.3 Å². The molecule has 2 aromatic heterocycles. The first-order valence-corrected chi connectivity index (χ1v) is 5.35. The van der Waals surface area contributed by atoms with Crippen molar-refractivity contribution >= 4 is 12.2 Å². The molecular formula is C11H13N3S. The zero-order valence-corrected chi connectivity index (χ0v) is 9.64. The Morgan fingerprint density at radius 3 is 3.00 bits per heavy atom. The Morgan fingerprint density at radius 2 is 2.33 bits per heavy atom. The van der Waals surface area contributed by atoms with Gasteiger partial charge in [0.05, 0.1) is 11.9 Å². The Hall–Kier alpha value is -1.42. The zero-order valence-electron chi connectivity index (χ0n) is 8.82. The van der Waals surface area contributed by atoms with E-state index >= 15 is 0 Å². The molecule has 2 aromatic rings. The summed E-state index contributed by atoms with van der Waals surface area (Å²) in [5.41, 5.74) is 3.41. The molecule has 0 bridgehead atoms. The number of nitrogens with one attached hydrogen (secondary N) is 1. The predicted molar refractivity (Wildman–Crippen MR) is 62.9 cm³/mol. The van der Waals surface area contributed by atoms with Crippen LogP contribution in [-0.4, -0.2) is 14.5 Å². The molecule has 0 aliphatic carbocycles. The first kappa shape index (κ1) is 10.1. The number of nitrogens with zero attached hydrogens (tertiary/aromatic N) is 2. The summed E-state index contributed by atoms with van der Waals surface area (Å²) in [6, 6.07) is 1.99. The summed E-state index contributed by atoms with van der Waals surface area (Å²) in [4.78, 5) is 7.20. The van der Waals surface area contributed by atoms with E-state index in [0.29, 0.717) is 0 Å².